The van der Waals surface area contributed by atoms with E-state index in [9.17, 15) is 14.7 Å². The van der Waals surface area contributed by atoms with Gasteiger partial charge in [-0.1, -0.05) is 18.2 Å². The van der Waals surface area contributed by atoms with Gasteiger partial charge in [-0.15, -0.1) is 0 Å². The van der Waals surface area contributed by atoms with Gasteiger partial charge in [-0.2, -0.15) is 0 Å². The predicted molar refractivity (Wildman–Crippen MR) is 106 cm³/mol. The molecule has 2 aliphatic heterocycles. The van der Waals surface area contributed by atoms with Crippen LogP contribution >= 0.6 is 0 Å². The third kappa shape index (κ3) is 5.93. The Balaban J connectivity index is 1.53. The monoisotopic (exact) mass is 405 g/mol. The smallest absolute Gasteiger partial charge is 0.319 e. The number of ether oxygens (including phenoxy) is 3. The molecule has 0 aromatic heterocycles. The molecule has 9 heteroatoms. The van der Waals surface area contributed by atoms with Crippen molar-refractivity contribution in [2.45, 2.75) is 24.7 Å². The number of carbonyl (C=O) groups excluding carboxylic acids is 2. The van der Waals surface area contributed by atoms with Crippen LogP contribution in [0.5, 0.6) is 5.75 Å². The molecule has 29 heavy (non-hydrogen) atoms. The molecule has 2 heterocycles. The first kappa shape index (κ1) is 21.1. The highest BCUT2D eigenvalue weighted by molar-refractivity contribution is 5.89. The van der Waals surface area contributed by atoms with Gasteiger partial charge in [-0.3, -0.25) is 4.79 Å². The summed E-state index contributed by atoms with van der Waals surface area (Å²) in [5.41, 5.74) is 0.581. The average molecular weight is 405 g/mol. The second-order valence-corrected chi connectivity index (χ2v) is 6.83. The Morgan fingerprint density at radius 1 is 1.28 bits per heavy atom. The molecular weight excluding hydrogens is 378 g/mol. The van der Waals surface area contributed by atoms with Crippen LogP contribution in [-0.4, -0.2) is 80.2 Å². The van der Waals surface area contributed by atoms with E-state index in [1.165, 1.54) is 0 Å². The summed E-state index contributed by atoms with van der Waals surface area (Å²) in [6.45, 7) is 1.96. The molecule has 3 N–H and O–H groups in total. The lowest BCUT2D eigenvalue weighted by molar-refractivity contribution is -0.139. The van der Waals surface area contributed by atoms with Crippen LogP contribution in [0.2, 0.25) is 0 Å². The average Bonchev–Trinajstić information content (AvgIpc) is 2.75. The van der Waals surface area contributed by atoms with Crippen molar-refractivity contribution in [2.75, 3.05) is 45.3 Å². The van der Waals surface area contributed by atoms with E-state index in [0.717, 1.165) is 0 Å². The van der Waals surface area contributed by atoms with Gasteiger partial charge in [0.25, 0.3) is 0 Å². The molecule has 0 unspecified atom stereocenters. The molecular formula is C20H27N3O6. The highest BCUT2D eigenvalue weighted by atomic mass is 16.5. The molecule has 0 aliphatic carbocycles. The normalized spacial score (nSPS) is 24.1. The number of benzene rings is 1. The van der Waals surface area contributed by atoms with Crippen molar-refractivity contribution in [3.8, 4) is 5.75 Å². The lowest BCUT2D eigenvalue weighted by Crippen LogP contribution is -2.50. The zero-order valence-corrected chi connectivity index (χ0v) is 16.4. The highest BCUT2D eigenvalue weighted by Crippen LogP contribution is 2.19. The fraction of sp³-hybridized carbons (Fsp3) is 0.500. The van der Waals surface area contributed by atoms with Gasteiger partial charge in [0.1, 0.15) is 11.9 Å². The van der Waals surface area contributed by atoms with Crippen molar-refractivity contribution < 1.29 is 28.9 Å². The van der Waals surface area contributed by atoms with Crippen LogP contribution in [0.4, 0.5) is 10.5 Å². The zero-order valence-electron chi connectivity index (χ0n) is 16.4. The third-order valence-corrected chi connectivity index (χ3v) is 4.83. The van der Waals surface area contributed by atoms with E-state index in [1.54, 1.807) is 48.4 Å². The van der Waals surface area contributed by atoms with Crippen LogP contribution in [0.25, 0.3) is 0 Å². The standard InChI is InChI=1S/C20H27N3O6/c1-27-15-4-2-3-14(11-15)21-20(26)22-17-6-5-16(29-18(17)13-24)12-19(25)23-7-9-28-10-8-23/h2-6,11,16-18,24H,7-10,12-13H2,1H3,(H2,21,22,26)/t16-,17-,18-/m0/s1. The van der Waals surface area contributed by atoms with E-state index in [-0.39, 0.29) is 18.9 Å². The molecule has 0 spiro atoms. The molecule has 3 atom stereocenters. The van der Waals surface area contributed by atoms with Crippen LogP contribution in [-0.2, 0) is 14.3 Å². The number of anilines is 1. The Hall–Kier alpha value is -2.62. The summed E-state index contributed by atoms with van der Waals surface area (Å²) in [4.78, 5) is 26.4. The van der Waals surface area contributed by atoms with Crippen molar-refractivity contribution in [1.82, 2.24) is 10.2 Å². The predicted octanol–water partition coefficient (Wildman–Crippen LogP) is 0.750. The van der Waals surface area contributed by atoms with Crippen LogP contribution in [0.15, 0.2) is 36.4 Å². The molecule has 0 radical (unpaired) electrons. The van der Waals surface area contributed by atoms with Crippen molar-refractivity contribution in [2.24, 2.45) is 0 Å². The maximum absolute atomic E-state index is 12.4. The van der Waals surface area contributed by atoms with Gasteiger partial charge in [0, 0.05) is 24.8 Å². The fourth-order valence-electron chi connectivity index (χ4n) is 3.27. The van der Waals surface area contributed by atoms with E-state index < -0.39 is 24.3 Å². The Kier molecular flexibility index (Phi) is 7.45. The lowest BCUT2D eigenvalue weighted by Gasteiger charge is -2.33. The summed E-state index contributed by atoms with van der Waals surface area (Å²) in [6, 6.07) is 6.04. The van der Waals surface area contributed by atoms with E-state index in [4.69, 9.17) is 14.2 Å². The number of nitrogens with zero attached hydrogens (tertiary/aromatic N) is 1. The molecule has 1 aromatic carbocycles. The molecule has 2 aliphatic rings. The van der Waals surface area contributed by atoms with Crippen LogP contribution in [0.1, 0.15) is 6.42 Å². The fourth-order valence-corrected chi connectivity index (χ4v) is 3.27. The van der Waals surface area contributed by atoms with Crippen molar-refractivity contribution in [1.29, 1.82) is 0 Å². The first-order valence-electron chi connectivity index (χ1n) is 9.61. The van der Waals surface area contributed by atoms with E-state index in [1.807, 2.05) is 0 Å². The van der Waals surface area contributed by atoms with Crippen LogP contribution < -0.4 is 15.4 Å². The minimum atomic E-state index is -0.640. The van der Waals surface area contributed by atoms with Gasteiger partial charge in [-0.25, -0.2) is 4.79 Å². The summed E-state index contributed by atoms with van der Waals surface area (Å²) in [5, 5.41) is 15.2. The number of methoxy groups -OCH3 is 1. The number of hydrogen-bond donors (Lipinski definition) is 3. The quantitative estimate of drug-likeness (QED) is 0.603. The summed E-state index contributed by atoms with van der Waals surface area (Å²) < 4.78 is 16.2. The number of morpholine rings is 1. The minimum absolute atomic E-state index is 0.0122. The number of nitrogens with one attached hydrogen (secondary N) is 2. The minimum Gasteiger partial charge on any atom is -0.497 e. The van der Waals surface area contributed by atoms with E-state index in [0.29, 0.717) is 37.7 Å². The Morgan fingerprint density at radius 3 is 2.79 bits per heavy atom. The van der Waals surface area contributed by atoms with Gasteiger partial charge in [0.2, 0.25) is 5.91 Å². The second kappa shape index (κ2) is 10.2. The Labute approximate surface area is 169 Å². The van der Waals surface area contributed by atoms with Crippen molar-refractivity contribution >= 4 is 17.6 Å². The highest BCUT2D eigenvalue weighted by Gasteiger charge is 2.30. The largest absolute Gasteiger partial charge is 0.497 e. The third-order valence-electron chi connectivity index (χ3n) is 4.83. The molecule has 1 aromatic rings. The zero-order chi connectivity index (χ0) is 20.6. The molecule has 3 rings (SSSR count). The lowest BCUT2D eigenvalue weighted by atomic mass is 10.0. The summed E-state index contributed by atoms with van der Waals surface area (Å²) in [7, 11) is 1.55. The first-order valence-corrected chi connectivity index (χ1v) is 9.61. The van der Waals surface area contributed by atoms with E-state index >= 15 is 0 Å². The molecule has 1 fully saturated rings. The molecule has 9 nitrogen and oxygen atoms in total. The molecule has 0 bridgehead atoms. The Bertz CT molecular complexity index is 735. The Morgan fingerprint density at radius 2 is 2.07 bits per heavy atom. The molecule has 3 amide bonds. The second-order valence-electron chi connectivity index (χ2n) is 6.83. The topological polar surface area (TPSA) is 109 Å². The number of rotatable bonds is 6. The SMILES string of the molecule is COc1cccc(NC(=O)N[C@H]2C=C[C@@H](CC(=O)N3CCOCC3)O[C@H]2CO)c1. The number of amides is 3. The van der Waals surface area contributed by atoms with E-state index in [2.05, 4.69) is 10.6 Å². The summed E-state index contributed by atoms with van der Waals surface area (Å²) in [5.74, 6) is 0.617. The van der Waals surface area contributed by atoms with Crippen LogP contribution in [0.3, 0.4) is 0 Å². The molecule has 1 saturated heterocycles. The summed E-state index contributed by atoms with van der Waals surface area (Å²) in [6.07, 6.45) is 2.62. The van der Waals surface area contributed by atoms with Gasteiger partial charge < -0.3 is 34.9 Å². The number of aliphatic hydroxyl groups is 1. The van der Waals surface area contributed by atoms with Crippen molar-refractivity contribution in [3.63, 3.8) is 0 Å². The molecule has 0 saturated carbocycles. The van der Waals surface area contributed by atoms with Gasteiger partial charge in [-0.05, 0) is 12.1 Å². The van der Waals surface area contributed by atoms with Gasteiger partial charge >= 0.3 is 6.03 Å². The maximum Gasteiger partial charge on any atom is 0.319 e. The summed E-state index contributed by atoms with van der Waals surface area (Å²) >= 11 is 0. The number of urea groups is 1. The maximum atomic E-state index is 12.4. The number of carbonyl (C=O) groups is 2. The number of aliphatic hydroxyl groups excluding tert-OH is 1. The first-order chi connectivity index (χ1) is 14.1. The van der Waals surface area contributed by atoms with Crippen molar-refractivity contribution in [3.05, 3.63) is 36.4 Å². The number of hydrogen-bond acceptors (Lipinski definition) is 6. The molecule has 158 valence electrons. The van der Waals surface area contributed by atoms with Crippen LogP contribution in [0, 0.1) is 0 Å². The van der Waals surface area contributed by atoms with Gasteiger partial charge in [0.15, 0.2) is 0 Å². The van der Waals surface area contributed by atoms with Gasteiger partial charge in [0.05, 0.1) is 45.5 Å².